The molecule has 4 nitrogen and oxygen atoms in total. The lowest BCUT2D eigenvalue weighted by Gasteiger charge is -2.11. The van der Waals surface area contributed by atoms with Gasteiger partial charge >= 0.3 is 5.69 Å². The third kappa shape index (κ3) is 3.72. The molecule has 0 saturated heterocycles. The summed E-state index contributed by atoms with van der Waals surface area (Å²) in [7, 11) is 0. The molecule has 0 radical (unpaired) electrons. The van der Waals surface area contributed by atoms with Crippen LogP contribution in [0.25, 0.3) is 0 Å². The SMILES string of the molecule is O=[N+]([O-])c1cc(Br)c(F)cc1Oc1ccc(Br)cc1CCl. The van der Waals surface area contributed by atoms with E-state index in [9.17, 15) is 14.5 Å². The molecule has 0 N–H and O–H groups in total. The third-order valence-corrected chi connectivity index (χ3v) is 3.97. The van der Waals surface area contributed by atoms with E-state index >= 15 is 0 Å². The summed E-state index contributed by atoms with van der Waals surface area (Å²) in [5.74, 6) is -0.353. The van der Waals surface area contributed by atoms with Crippen LogP contribution in [-0.2, 0) is 5.88 Å². The standard InChI is InChI=1S/C13H7Br2ClFNO3/c14-8-1-2-12(7(3-8)6-16)21-13-5-10(17)9(15)4-11(13)18(19)20/h1-5H,6H2. The second-order valence-corrected chi connectivity index (χ2v) is 6.02. The summed E-state index contributed by atoms with van der Waals surface area (Å²) in [4.78, 5) is 10.4. The van der Waals surface area contributed by atoms with Gasteiger partial charge in [0.25, 0.3) is 0 Å². The molecule has 0 bridgehead atoms. The van der Waals surface area contributed by atoms with Crippen LogP contribution in [0.5, 0.6) is 11.5 Å². The van der Waals surface area contributed by atoms with E-state index in [0.29, 0.717) is 11.3 Å². The number of alkyl halides is 1. The Morgan fingerprint density at radius 3 is 2.57 bits per heavy atom. The van der Waals surface area contributed by atoms with Gasteiger partial charge in [-0.15, -0.1) is 11.6 Å². The van der Waals surface area contributed by atoms with E-state index in [1.165, 1.54) is 0 Å². The quantitative estimate of drug-likeness (QED) is 0.344. The zero-order valence-electron chi connectivity index (χ0n) is 10.3. The Labute approximate surface area is 141 Å². The lowest BCUT2D eigenvalue weighted by Crippen LogP contribution is -1.97. The Hall–Kier alpha value is -1.18. The molecular weight excluding hydrogens is 432 g/mol. The van der Waals surface area contributed by atoms with Crippen LogP contribution in [0.3, 0.4) is 0 Å². The maximum atomic E-state index is 13.6. The number of nitro groups is 1. The van der Waals surface area contributed by atoms with Crippen molar-refractivity contribution in [3.63, 3.8) is 0 Å². The van der Waals surface area contributed by atoms with Gasteiger partial charge in [0, 0.05) is 22.2 Å². The maximum absolute atomic E-state index is 13.6. The first kappa shape index (κ1) is 16.2. The van der Waals surface area contributed by atoms with Crippen molar-refractivity contribution in [2.75, 3.05) is 0 Å². The molecule has 0 unspecified atom stereocenters. The van der Waals surface area contributed by atoms with Crippen molar-refractivity contribution < 1.29 is 14.1 Å². The predicted molar refractivity (Wildman–Crippen MR) is 84.5 cm³/mol. The van der Waals surface area contributed by atoms with Crippen molar-refractivity contribution in [2.24, 2.45) is 0 Å². The number of hydrogen-bond acceptors (Lipinski definition) is 3. The molecule has 0 fully saturated rings. The van der Waals surface area contributed by atoms with E-state index in [1.54, 1.807) is 18.2 Å². The van der Waals surface area contributed by atoms with Crippen LogP contribution >= 0.6 is 43.5 Å². The molecular formula is C13H7Br2ClFNO3. The average Bonchev–Trinajstić information content (AvgIpc) is 2.44. The summed E-state index contributed by atoms with van der Waals surface area (Å²) in [6.45, 7) is 0. The molecule has 2 aromatic rings. The van der Waals surface area contributed by atoms with Crippen molar-refractivity contribution >= 4 is 49.1 Å². The molecule has 0 spiro atoms. The van der Waals surface area contributed by atoms with Crippen molar-refractivity contribution in [3.05, 3.63) is 60.8 Å². The Morgan fingerprint density at radius 2 is 1.95 bits per heavy atom. The van der Waals surface area contributed by atoms with Crippen LogP contribution in [0.4, 0.5) is 10.1 Å². The Kier molecular flexibility index (Phi) is 5.18. The Bertz CT molecular complexity index is 712. The van der Waals surface area contributed by atoms with Gasteiger partial charge in [0.05, 0.1) is 15.3 Å². The fourth-order valence-electron chi connectivity index (χ4n) is 1.61. The van der Waals surface area contributed by atoms with E-state index in [4.69, 9.17) is 16.3 Å². The smallest absolute Gasteiger partial charge is 0.312 e. The molecule has 2 rings (SSSR count). The fraction of sp³-hybridized carbons (Fsp3) is 0.0769. The van der Waals surface area contributed by atoms with Gasteiger partial charge in [-0.3, -0.25) is 10.1 Å². The number of benzene rings is 2. The largest absolute Gasteiger partial charge is 0.450 e. The highest BCUT2D eigenvalue weighted by atomic mass is 79.9. The summed E-state index contributed by atoms with van der Waals surface area (Å²) in [5, 5.41) is 11.0. The molecule has 0 aromatic heterocycles. The van der Waals surface area contributed by atoms with E-state index in [2.05, 4.69) is 31.9 Å². The number of hydrogen-bond donors (Lipinski definition) is 0. The van der Waals surface area contributed by atoms with Crippen LogP contribution < -0.4 is 4.74 Å². The molecule has 0 aliphatic heterocycles. The molecule has 0 saturated carbocycles. The highest BCUT2D eigenvalue weighted by Crippen LogP contribution is 2.37. The van der Waals surface area contributed by atoms with Gasteiger partial charge in [-0.05, 0) is 34.1 Å². The monoisotopic (exact) mass is 437 g/mol. The highest BCUT2D eigenvalue weighted by molar-refractivity contribution is 9.10. The maximum Gasteiger partial charge on any atom is 0.312 e. The molecule has 0 amide bonds. The molecule has 0 aliphatic rings. The minimum Gasteiger partial charge on any atom is -0.450 e. The van der Waals surface area contributed by atoms with Crippen molar-refractivity contribution in [1.29, 1.82) is 0 Å². The van der Waals surface area contributed by atoms with Gasteiger partial charge < -0.3 is 4.74 Å². The first-order valence-corrected chi connectivity index (χ1v) is 7.70. The van der Waals surface area contributed by atoms with Gasteiger partial charge in [-0.25, -0.2) is 4.39 Å². The second kappa shape index (κ2) is 6.72. The summed E-state index contributed by atoms with van der Waals surface area (Å²) < 4.78 is 19.9. The second-order valence-electron chi connectivity index (χ2n) is 3.98. The lowest BCUT2D eigenvalue weighted by molar-refractivity contribution is -0.385. The lowest BCUT2D eigenvalue weighted by atomic mass is 10.2. The normalized spacial score (nSPS) is 10.5. The minimum atomic E-state index is -0.653. The topological polar surface area (TPSA) is 52.4 Å². The van der Waals surface area contributed by atoms with Gasteiger partial charge in [0.1, 0.15) is 11.6 Å². The zero-order chi connectivity index (χ0) is 15.6. The zero-order valence-corrected chi connectivity index (χ0v) is 14.2. The molecule has 0 heterocycles. The number of nitrogens with zero attached hydrogens (tertiary/aromatic N) is 1. The molecule has 110 valence electrons. The predicted octanol–water partition coefficient (Wildman–Crippen LogP) is 5.79. The number of halogens is 4. The Balaban J connectivity index is 2.48. The number of ether oxygens (including phenoxy) is 1. The summed E-state index contributed by atoms with van der Waals surface area (Å²) in [6.07, 6.45) is 0. The minimum absolute atomic E-state index is 0.00470. The van der Waals surface area contributed by atoms with Crippen molar-refractivity contribution in [2.45, 2.75) is 5.88 Å². The molecule has 8 heteroatoms. The van der Waals surface area contributed by atoms with Crippen LogP contribution in [0.1, 0.15) is 5.56 Å². The van der Waals surface area contributed by atoms with Crippen LogP contribution in [0, 0.1) is 15.9 Å². The van der Waals surface area contributed by atoms with Crippen molar-refractivity contribution in [1.82, 2.24) is 0 Å². The highest BCUT2D eigenvalue weighted by Gasteiger charge is 2.20. The van der Waals surface area contributed by atoms with Crippen LogP contribution in [0.2, 0.25) is 0 Å². The molecule has 0 atom stereocenters. The summed E-state index contributed by atoms with van der Waals surface area (Å²) in [6, 6.07) is 7.05. The summed E-state index contributed by atoms with van der Waals surface area (Å²) in [5.41, 5.74) is 0.287. The molecule has 2 aromatic carbocycles. The fourth-order valence-corrected chi connectivity index (χ4v) is 2.56. The molecule has 0 aliphatic carbocycles. The van der Waals surface area contributed by atoms with E-state index in [0.717, 1.165) is 16.6 Å². The van der Waals surface area contributed by atoms with E-state index in [-0.39, 0.29) is 21.8 Å². The Morgan fingerprint density at radius 1 is 1.24 bits per heavy atom. The van der Waals surface area contributed by atoms with Gasteiger partial charge in [-0.1, -0.05) is 15.9 Å². The summed E-state index contributed by atoms with van der Waals surface area (Å²) >= 11 is 12.0. The number of rotatable bonds is 4. The van der Waals surface area contributed by atoms with Crippen molar-refractivity contribution in [3.8, 4) is 11.5 Å². The van der Waals surface area contributed by atoms with Crippen LogP contribution in [-0.4, -0.2) is 4.92 Å². The average molecular weight is 439 g/mol. The number of nitro benzene ring substituents is 1. The first-order valence-electron chi connectivity index (χ1n) is 5.58. The van der Waals surface area contributed by atoms with Crippen LogP contribution in [0.15, 0.2) is 39.3 Å². The van der Waals surface area contributed by atoms with Gasteiger partial charge in [0.2, 0.25) is 5.75 Å². The van der Waals surface area contributed by atoms with Gasteiger partial charge in [0.15, 0.2) is 0 Å². The first-order chi connectivity index (χ1) is 9.92. The van der Waals surface area contributed by atoms with E-state index in [1.807, 2.05) is 0 Å². The molecule has 21 heavy (non-hydrogen) atoms. The van der Waals surface area contributed by atoms with Gasteiger partial charge in [-0.2, -0.15) is 0 Å². The third-order valence-electron chi connectivity index (χ3n) is 2.58. The van der Waals surface area contributed by atoms with E-state index < -0.39 is 10.7 Å².